The number of pyridine rings is 2. The van der Waals surface area contributed by atoms with Gasteiger partial charge in [0.15, 0.2) is 0 Å². The molecule has 0 aromatic carbocycles. The van der Waals surface area contributed by atoms with Gasteiger partial charge in [-0.25, -0.2) is 4.98 Å². The summed E-state index contributed by atoms with van der Waals surface area (Å²) < 4.78 is 5.87. The van der Waals surface area contributed by atoms with Crippen molar-refractivity contribution in [1.29, 1.82) is 0 Å². The summed E-state index contributed by atoms with van der Waals surface area (Å²) in [4.78, 5) is 27.2. The molecule has 1 aliphatic rings. The van der Waals surface area contributed by atoms with Gasteiger partial charge in [0, 0.05) is 31.4 Å². The maximum atomic E-state index is 12.9. The first-order valence-corrected chi connectivity index (χ1v) is 10.0. The van der Waals surface area contributed by atoms with Crippen LogP contribution in [-0.2, 0) is 10.3 Å². The van der Waals surface area contributed by atoms with Gasteiger partial charge in [-0.2, -0.15) is 5.10 Å². The number of ether oxygens (including phenoxy) is 1. The molecule has 0 bridgehead atoms. The second-order valence-corrected chi connectivity index (χ2v) is 7.64. The second kappa shape index (κ2) is 8.39. The van der Waals surface area contributed by atoms with Crippen LogP contribution < -0.4 is 0 Å². The van der Waals surface area contributed by atoms with Crippen LogP contribution in [0.25, 0.3) is 5.57 Å². The Hall–Kier alpha value is -3.79. The van der Waals surface area contributed by atoms with E-state index in [0.29, 0.717) is 28.4 Å². The molecule has 3 heterocycles. The number of rotatable bonds is 6. The zero-order chi connectivity index (χ0) is 22.9. The van der Waals surface area contributed by atoms with Gasteiger partial charge in [0.2, 0.25) is 5.82 Å². The molecule has 4 rings (SSSR count). The maximum Gasteiger partial charge on any atom is 0.332 e. The van der Waals surface area contributed by atoms with Crippen molar-refractivity contribution < 1.29 is 9.66 Å². The molecule has 0 radical (unpaired) electrons. The minimum Gasteiger partial charge on any atom is -0.499 e. The molecule has 0 saturated carbocycles. The zero-order valence-electron chi connectivity index (χ0n) is 17.6. The van der Waals surface area contributed by atoms with E-state index in [4.69, 9.17) is 16.3 Å². The zero-order valence-corrected chi connectivity index (χ0v) is 18.3. The monoisotopic (exact) mass is 453 g/mol. The first-order valence-electron chi connectivity index (χ1n) is 9.63. The summed E-state index contributed by atoms with van der Waals surface area (Å²) in [5.74, 6) is -0.786. The van der Waals surface area contributed by atoms with Crippen LogP contribution >= 0.6 is 11.6 Å². The van der Waals surface area contributed by atoms with E-state index >= 15 is 0 Å². The van der Waals surface area contributed by atoms with E-state index in [1.807, 2.05) is 6.07 Å². The van der Waals surface area contributed by atoms with Crippen LogP contribution in [0.15, 0.2) is 71.6 Å². The average molecular weight is 454 g/mol. The van der Waals surface area contributed by atoms with Gasteiger partial charge in [0.1, 0.15) is 23.0 Å². The maximum absolute atomic E-state index is 12.9. The van der Waals surface area contributed by atoms with Crippen molar-refractivity contribution in [3.63, 3.8) is 0 Å². The van der Waals surface area contributed by atoms with Gasteiger partial charge in [-0.15, -0.1) is 0 Å². The van der Waals surface area contributed by atoms with Crippen LogP contribution in [0.4, 0.5) is 0 Å². The molecule has 2 unspecified atom stereocenters. The molecule has 0 amide bonds. The lowest BCUT2D eigenvalue weighted by molar-refractivity contribution is -0.572. The van der Waals surface area contributed by atoms with E-state index in [0.717, 1.165) is 0 Å². The van der Waals surface area contributed by atoms with Crippen LogP contribution in [0.1, 0.15) is 23.1 Å². The summed E-state index contributed by atoms with van der Waals surface area (Å²) in [6.45, 7) is 0. The molecule has 164 valence electrons. The standard InChI is InChI=1S/C21H20ClN7O3/c1-28(2)17-15(13-8-4-6-10-23-13)18(32-3)16(14-9-5-7-11-24-14)21(19(17)22,29(30)31)20-25-12-26-27-20/h4-12,16H,1-3H3,(H,25,26,27). The van der Waals surface area contributed by atoms with E-state index in [9.17, 15) is 10.1 Å². The number of H-pyrrole nitrogens is 1. The van der Waals surface area contributed by atoms with Gasteiger partial charge in [0.25, 0.3) is 0 Å². The highest BCUT2D eigenvalue weighted by Crippen LogP contribution is 2.56. The summed E-state index contributed by atoms with van der Waals surface area (Å²) in [7, 11) is 4.96. The number of aromatic amines is 1. The Balaban J connectivity index is 2.19. The summed E-state index contributed by atoms with van der Waals surface area (Å²) in [5, 5.41) is 19.4. The van der Waals surface area contributed by atoms with Crippen LogP contribution in [0.2, 0.25) is 0 Å². The van der Waals surface area contributed by atoms with Crippen molar-refractivity contribution in [2.75, 3.05) is 21.2 Å². The summed E-state index contributed by atoms with van der Waals surface area (Å²) in [5.41, 5.74) is -0.183. The molecular formula is C21H20ClN7O3. The highest BCUT2D eigenvalue weighted by Gasteiger charge is 2.65. The normalized spacial score (nSPS) is 20.9. The molecule has 11 heteroatoms. The van der Waals surface area contributed by atoms with Crippen molar-refractivity contribution in [1.82, 2.24) is 30.0 Å². The lowest BCUT2D eigenvalue weighted by atomic mass is 9.72. The molecule has 0 saturated heterocycles. The lowest BCUT2D eigenvalue weighted by Gasteiger charge is -2.39. The number of hydrogen-bond donors (Lipinski definition) is 1. The minimum atomic E-state index is -2.06. The molecule has 10 nitrogen and oxygen atoms in total. The van der Waals surface area contributed by atoms with Crippen LogP contribution in [0.5, 0.6) is 0 Å². The van der Waals surface area contributed by atoms with E-state index in [1.54, 1.807) is 61.7 Å². The topological polar surface area (TPSA) is 123 Å². The van der Waals surface area contributed by atoms with Gasteiger partial charge < -0.3 is 9.64 Å². The van der Waals surface area contributed by atoms with Gasteiger partial charge in [-0.3, -0.25) is 25.2 Å². The molecule has 2 atom stereocenters. The van der Waals surface area contributed by atoms with Gasteiger partial charge in [-0.05, 0) is 24.3 Å². The number of aromatic nitrogens is 5. The third-order valence-electron chi connectivity index (χ3n) is 5.34. The largest absolute Gasteiger partial charge is 0.499 e. The number of likely N-dealkylation sites (N-methyl/N-ethyl adjacent to an activating group) is 1. The Kier molecular flexibility index (Phi) is 5.62. The van der Waals surface area contributed by atoms with E-state index < -0.39 is 16.4 Å². The van der Waals surface area contributed by atoms with Gasteiger partial charge in [-0.1, -0.05) is 23.7 Å². The Morgan fingerprint density at radius 2 is 1.88 bits per heavy atom. The average Bonchev–Trinajstić information content (AvgIpc) is 3.34. The van der Waals surface area contributed by atoms with Crippen molar-refractivity contribution in [3.05, 3.63) is 98.9 Å². The van der Waals surface area contributed by atoms with Gasteiger partial charge >= 0.3 is 5.54 Å². The van der Waals surface area contributed by atoms with E-state index in [-0.39, 0.29) is 10.9 Å². The molecule has 32 heavy (non-hydrogen) atoms. The fourth-order valence-electron chi connectivity index (χ4n) is 4.06. The number of allylic oxidation sites excluding steroid dienone is 1. The highest BCUT2D eigenvalue weighted by molar-refractivity contribution is 6.32. The summed E-state index contributed by atoms with van der Waals surface area (Å²) in [6.07, 6.45) is 4.41. The van der Waals surface area contributed by atoms with Crippen LogP contribution in [0, 0.1) is 10.1 Å². The van der Waals surface area contributed by atoms with Crippen LogP contribution in [0.3, 0.4) is 0 Å². The van der Waals surface area contributed by atoms with Crippen molar-refractivity contribution in [2.45, 2.75) is 11.5 Å². The Labute approximate surface area is 188 Å². The van der Waals surface area contributed by atoms with Gasteiger partial charge in [0.05, 0.1) is 29.8 Å². The number of nitrogens with zero attached hydrogens (tertiary/aromatic N) is 6. The number of nitrogens with one attached hydrogen (secondary N) is 1. The summed E-state index contributed by atoms with van der Waals surface area (Å²) >= 11 is 6.96. The molecule has 3 aromatic heterocycles. The van der Waals surface area contributed by atoms with Crippen LogP contribution in [-0.4, -0.2) is 56.2 Å². The SMILES string of the molecule is COC1=C(c2ccccn2)C(N(C)C)=C(Cl)C(c2ncn[nH]2)([N+](=O)[O-])C1c1ccccn1. The number of nitro groups is 1. The molecular weight excluding hydrogens is 434 g/mol. The predicted molar refractivity (Wildman–Crippen MR) is 117 cm³/mol. The molecule has 1 N–H and O–H groups in total. The van der Waals surface area contributed by atoms with Crippen molar-refractivity contribution in [3.8, 4) is 0 Å². The second-order valence-electron chi connectivity index (χ2n) is 7.26. The van der Waals surface area contributed by atoms with E-state index in [1.165, 1.54) is 13.4 Å². The molecule has 1 aliphatic carbocycles. The third-order valence-corrected chi connectivity index (χ3v) is 5.81. The Bertz CT molecular complexity index is 1180. The quantitative estimate of drug-likeness (QED) is 0.446. The highest BCUT2D eigenvalue weighted by atomic mass is 35.5. The minimum absolute atomic E-state index is 0.0304. The molecule has 0 spiro atoms. The number of hydrogen-bond acceptors (Lipinski definition) is 8. The smallest absolute Gasteiger partial charge is 0.332 e. The first kappa shape index (κ1) is 21.4. The number of halogens is 1. The number of methoxy groups -OCH3 is 1. The predicted octanol–water partition coefficient (Wildman–Crippen LogP) is 2.93. The lowest BCUT2D eigenvalue weighted by Crippen LogP contribution is -2.48. The Morgan fingerprint density at radius 1 is 1.16 bits per heavy atom. The Morgan fingerprint density at radius 3 is 2.38 bits per heavy atom. The fraction of sp³-hybridized carbons (Fsp3) is 0.238. The van der Waals surface area contributed by atoms with E-state index in [2.05, 4.69) is 25.1 Å². The molecule has 0 aliphatic heterocycles. The van der Waals surface area contributed by atoms with Crippen molar-refractivity contribution >= 4 is 17.2 Å². The first-order chi connectivity index (χ1) is 15.4. The fourth-order valence-corrected chi connectivity index (χ4v) is 4.59. The summed E-state index contributed by atoms with van der Waals surface area (Å²) in [6, 6.07) is 10.6. The third kappa shape index (κ3) is 3.11. The molecule has 0 fully saturated rings. The van der Waals surface area contributed by atoms with Crippen molar-refractivity contribution in [2.24, 2.45) is 0 Å². The molecule has 3 aromatic rings.